The van der Waals surface area contributed by atoms with Gasteiger partial charge >= 0.3 is 0 Å². The van der Waals surface area contributed by atoms with Crippen molar-refractivity contribution in [2.24, 2.45) is 0 Å². The van der Waals surface area contributed by atoms with E-state index in [9.17, 15) is 0 Å². The van der Waals surface area contributed by atoms with Gasteiger partial charge in [-0.1, -0.05) is 18.2 Å². The molecule has 1 aliphatic rings. The predicted molar refractivity (Wildman–Crippen MR) is 90.2 cm³/mol. The maximum Gasteiger partial charge on any atom is 0.133 e. The number of nitrogens with zero attached hydrogens (tertiary/aromatic N) is 3. The van der Waals surface area contributed by atoms with Crippen molar-refractivity contribution in [2.45, 2.75) is 25.3 Å². The quantitative estimate of drug-likeness (QED) is 0.792. The van der Waals surface area contributed by atoms with E-state index in [2.05, 4.69) is 42.0 Å². The number of rotatable bonds is 2. The summed E-state index contributed by atoms with van der Waals surface area (Å²) in [7, 11) is 2.19. The zero-order valence-corrected chi connectivity index (χ0v) is 13.5. The van der Waals surface area contributed by atoms with Crippen LogP contribution in [0.3, 0.4) is 0 Å². The van der Waals surface area contributed by atoms with Crippen LogP contribution in [0.5, 0.6) is 0 Å². The first-order valence-corrected chi connectivity index (χ1v) is 8.12. The number of anilines is 1. The van der Waals surface area contributed by atoms with Crippen LogP contribution < -0.4 is 4.90 Å². The summed E-state index contributed by atoms with van der Waals surface area (Å²) in [6, 6.07) is 10.9. The van der Waals surface area contributed by atoms with Crippen LogP contribution in [0.4, 0.5) is 5.82 Å². The minimum Gasteiger partial charge on any atom is -0.352 e. The van der Waals surface area contributed by atoms with Crippen LogP contribution in [0.25, 0.3) is 10.9 Å². The summed E-state index contributed by atoms with van der Waals surface area (Å²) >= 11 is 6.19. The van der Waals surface area contributed by atoms with Gasteiger partial charge in [-0.25, -0.2) is 4.98 Å². The monoisotopic (exact) mass is 303 g/mol. The molecule has 1 aromatic heterocycles. The number of hydrogen-bond acceptors (Lipinski definition) is 3. The summed E-state index contributed by atoms with van der Waals surface area (Å²) in [6.07, 6.45) is 1.16. The minimum absolute atomic E-state index is 0.452. The van der Waals surface area contributed by atoms with Crippen LogP contribution in [0.15, 0.2) is 30.3 Å². The number of benzene rings is 1. The Bertz CT molecular complexity index is 628. The molecule has 1 unspecified atom stereocenters. The molecule has 4 heteroatoms. The van der Waals surface area contributed by atoms with E-state index in [4.69, 9.17) is 16.6 Å². The summed E-state index contributed by atoms with van der Waals surface area (Å²) in [5.41, 5.74) is 2.18. The van der Waals surface area contributed by atoms with Gasteiger partial charge in [0.25, 0.3) is 0 Å². The second-order valence-corrected chi connectivity index (χ2v) is 6.22. The lowest BCUT2D eigenvalue weighted by Crippen LogP contribution is -2.39. The standard InChI is InChI=1S/C17H22ClN3/c1-13-12-20(2)8-5-9-21(13)17-15(11-18)10-14-6-3-4-7-16(14)19-17/h3-4,6-7,10,13H,5,8-9,11-12H2,1-2H3. The minimum atomic E-state index is 0.452. The molecule has 1 atom stereocenters. The van der Waals surface area contributed by atoms with E-state index >= 15 is 0 Å². The van der Waals surface area contributed by atoms with Gasteiger partial charge in [-0.2, -0.15) is 0 Å². The van der Waals surface area contributed by atoms with Gasteiger partial charge in [-0.15, -0.1) is 11.6 Å². The molecule has 112 valence electrons. The number of para-hydroxylation sites is 1. The number of halogens is 1. The molecule has 21 heavy (non-hydrogen) atoms. The summed E-state index contributed by atoms with van der Waals surface area (Å²) in [5, 5.41) is 1.16. The van der Waals surface area contributed by atoms with Crippen LogP contribution in [0.2, 0.25) is 0 Å². The van der Waals surface area contributed by atoms with Crippen molar-refractivity contribution in [3.8, 4) is 0 Å². The highest BCUT2D eigenvalue weighted by Gasteiger charge is 2.23. The van der Waals surface area contributed by atoms with E-state index in [1.807, 2.05) is 12.1 Å². The molecular formula is C17H22ClN3. The molecule has 0 saturated carbocycles. The lowest BCUT2D eigenvalue weighted by atomic mass is 10.1. The zero-order chi connectivity index (χ0) is 14.8. The SMILES string of the molecule is CC1CN(C)CCCN1c1nc2ccccc2cc1CCl. The third-order valence-electron chi connectivity index (χ3n) is 4.24. The van der Waals surface area contributed by atoms with E-state index in [0.29, 0.717) is 11.9 Å². The number of pyridine rings is 1. The number of hydrogen-bond donors (Lipinski definition) is 0. The van der Waals surface area contributed by atoms with Gasteiger partial charge in [0, 0.05) is 30.1 Å². The zero-order valence-electron chi connectivity index (χ0n) is 12.7. The maximum absolute atomic E-state index is 6.19. The Morgan fingerprint density at radius 1 is 1.29 bits per heavy atom. The molecule has 2 heterocycles. The molecule has 1 aliphatic heterocycles. The number of alkyl halides is 1. The Morgan fingerprint density at radius 2 is 2.10 bits per heavy atom. The Labute approximate surface area is 131 Å². The maximum atomic E-state index is 6.19. The highest BCUT2D eigenvalue weighted by atomic mass is 35.5. The summed E-state index contributed by atoms with van der Waals surface area (Å²) in [5.74, 6) is 1.57. The van der Waals surface area contributed by atoms with Crippen molar-refractivity contribution in [3.05, 3.63) is 35.9 Å². The van der Waals surface area contributed by atoms with Gasteiger partial charge in [0.2, 0.25) is 0 Å². The summed E-state index contributed by atoms with van der Waals surface area (Å²) in [6.45, 7) is 5.53. The molecular weight excluding hydrogens is 282 g/mol. The molecule has 0 radical (unpaired) electrons. The lowest BCUT2D eigenvalue weighted by Gasteiger charge is -2.30. The Morgan fingerprint density at radius 3 is 2.90 bits per heavy atom. The topological polar surface area (TPSA) is 19.4 Å². The van der Waals surface area contributed by atoms with E-state index < -0.39 is 0 Å². The van der Waals surface area contributed by atoms with E-state index in [-0.39, 0.29) is 0 Å². The fraction of sp³-hybridized carbons (Fsp3) is 0.471. The molecule has 3 nitrogen and oxygen atoms in total. The van der Waals surface area contributed by atoms with Gasteiger partial charge in [0.1, 0.15) is 5.82 Å². The molecule has 0 spiro atoms. The molecule has 2 aromatic rings. The van der Waals surface area contributed by atoms with Crippen LogP contribution in [0.1, 0.15) is 18.9 Å². The van der Waals surface area contributed by atoms with Crippen molar-refractivity contribution in [1.82, 2.24) is 9.88 Å². The van der Waals surface area contributed by atoms with Crippen molar-refractivity contribution in [3.63, 3.8) is 0 Å². The third kappa shape index (κ3) is 2.99. The molecule has 0 bridgehead atoms. The van der Waals surface area contributed by atoms with Gasteiger partial charge in [-0.05, 0) is 39.1 Å². The average molecular weight is 304 g/mol. The van der Waals surface area contributed by atoms with Gasteiger partial charge < -0.3 is 9.80 Å². The van der Waals surface area contributed by atoms with Crippen LogP contribution in [-0.2, 0) is 5.88 Å². The second kappa shape index (κ2) is 6.20. The predicted octanol–water partition coefficient (Wildman–Crippen LogP) is 3.50. The van der Waals surface area contributed by atoms with E-state index in [0.717, 1.165) is 48.3 Å². The normalized spacial score (nSPS) is 20.7. The van der Waals surface area contributed by atoms with Gasteiger partial charge in [0.15, 0.2) is 0 Å². The number of aromatic nitrogens is 1. The molecule has 0 aliphatic carbocycles. The molecule has 3 rings (SSSR count). The number of likely N-dealkylation sites (N-methyl/N-ethyl adjacent to an activating group) is 1. The van der Waals surface area contributed by atoms with Gasteiger partial charge in [-0.3, -0.25) is 0 Å². The Kier molecular flexibility index (Phi) is 4.32. The fourth-order valence-electron chi connectivity index (χ4n) is 3.18. The first-order valence-electron chi connectivity index (χ1n) is 7.59. The van der Waals surface area contributed by atoms with E-state index in [1.54, 1.807) is 0 Å². The summed E-state index contributed by atoms with van der Waals surface area (Å²) < 4.78 is 0. The average Bonchev–Trinajstić information content (AvgIpc) is 2.66. The highest BCUT2D eigenvalue weighted by Crippen LogP contribution is 2.27. The van der Waals surface area contributed by atoms with Gasteiger partial charge in [0.05, 0.1) is 11.4 Å². The first-order chi connectivity index (χ1) is 10.2. The van der Waals surface area contributed by atoms with Crippen molar-refractivity contribution in [2.75, 3.05) is 31.6 Å². The summed E-state index contributed by atoms with van der Waals surface area (Å²) in [4.78, 5) is 9.73. The molecule has 0 amide bonds. The van der Waals surface area contributed by atoms with Crippen LogP contribution in [0, 0.1) is 0 Å². The van der Waals surface area contributed by atoms with Crippen molar-refractivity contribution >= 4 is 28.3 Å². The molecule has 1 aromatic carbocycles. The van der Waals surface area contributed by atoms with Crippen molar-refractivity contribution in [1.29, 1.82) is 0 Å². The Hall–Kier alpha value is -1.32. The van der Waals surface area contributed by atoms with E-state index in [1.165, 1.54) is 0 Å². The lowest BCUT2D eigenvalue weighted by molar-refractivity contribution is 0.337. The molecule has 0 N–H and O–H groups in total. The highest BCUT2D eigenvalue weighted by molar-refractivity contribution is 6.17. The molecule has 1 saturated heterocycles. The largest absolute Gasteiger partial charge is 0.352 e. The Balaban J connectivity index is 2.05. The third-order valence-corrected chi connectivity index (χ3v) is 4.53. The fourth-order valence-corrected chi connectivity index (χ4v) is 3.38. The number of fused-ring (bicyclic) bond motifs is 1. The van der Waals surface area contributed by atoms with Crippen LogP contribution >= 0.6 is 11.6 Å². The molecule has 1 fully saturated rings. The van der Waals surface area contributed by atoms with Crippen LogP contribution in [-0.4, -0.2) is 42.6 Å². The second-order valence-electron chi connectivity index (χ2n) is 5.96. The van der Waals surface area contributed by atoms with Crippen molar-refractivity contribution < 1.29 is 0 Å². The smallest absolute Gasteiger partial charge is 0.133 e. The first kappa shape index (κ1) is 14.6.